The fourth-order valence-electron chi connectivity index (χ4n) is 1.89. The van der Waals surface area contributed by atoms with Gasteiger partial charge in [-0.25, -0.2) is 4.39 Å². The molecule has 1 aromatic rings. The fraction of sp³-hybridized carbons (Fsp3) is 0.385. The Bertz CT molecular complexity index is 552. The van der Waals surface area contributed by atoms with Crippen LogP contribution in [0.25, 0.3) is 0 Å². The zero-order valence-corrected chi connectivity index (χ0v) is 12.5. The second kappa shape index (κ2) is 7.82. The molecule has 0 fully saturated rings. The van der Waals surface area contributed by atoms with E-state index in [4.69, 9.17) is 5.11 Å². The molecule has 0 spiro atoms. The molecule has 0 aliphatic rings. The van der Waals surface area contributed by atoms with Gasteiger partial charge in [-0.1, -0.05) is 4.57 Å². The molecule has 0 heterocycles. The monoisotopic (exact) mass is 332 g/mol. The summed E-state index contributed by atoms with van der Waals surface area (Å²) < 4.78 is 23.8. The molecule has 0 radical (unpaired) electrons. The number of carboxylic acids is 2. The average Bonchev–Trinajstić information content (AvgIpc) is 2.48. The third kappa shape index (κ3) is 4.47. The maximum atomic E-state index is 12.8. The average molecular weight is 332 g/mol. The van der Waals surface area contributed by atoms with Crippen LogP contribution in [0.1, 0.15) is 12.8 Å². The highest BCUT2D eigenvalue weighted by Crippen LogP contribution is 2.35. The molecule has 22 heavy (non-hydrogen) atoms. The van der Waals surface area contributed by atoms with Gasteiger partial charge in [-0.15, -0.1) is 0 Å². The molecular weight excluding hydrogens is 316 g/mol. The van der Waals surface area contributed by atoms with Crippen LogP contribution in [0, 0.1) is 11.2 Å². The van der Waals surface area contributed by atoms with E-state index in [1.165, 1.54) is 12.1 Å². The van der Waals surface area contributed by atoms with E-state index in [0.29, 0.717) is 5.69 Å². The summed E-state index contributed by atoms with van der Waals surface area (Å²) >= 11 is 0. The molecule has 120 valence electrons. The van der Waals surface area contributed by atoms with Crippen LogP contribution in [0.5, 0.6) is 0 Å². The molecule has 0 aromatic heterocycles. The van der Waals surface area contributed by atoms with Gasteiger partial charge in [0.25, 0.3) is 5.85 Å². The molecule has 7 nitrogen and oxygen atoms in total. The summed E-state index contributed by atoms with van der Waals surface area (Å²) in [4.78, 5) is 22.2. The summed E-state index contributed by atoms with van der Waals surface area (Å²) in [5.74, 6) is -4.88. The second-order valence-corrected chi connectivity index (χ2v) is 5.52. The van der Waals surface area contributed by atoms with Crippen molar-refractivity contribution in [3.8, 4) is 0 Å². The Morgan fingerprint density at radius 2 is 1.86 bits per heavy atom. The smallest absolute Gasteiger partial charge is 0.357 e. The summed E-state index contributed by atoms with van der Waals surface area (Å²) in [5, 5.41) is 30.6. The van der Waals surface area contributed by atoms with Crippen LogP contribution in [-0.2, 0) is 14.2 Å². The first-order valence-electron chi connectivity index (χ1n) is 6.32. The van der Waals surface area contributed by atoms with Crippen molar-refractivity contribution in [3.63, 3.8) is 0 Å². The Morgan fingerprint density at radius 3 is 2.32 bits per heavy atom. The molecule has 1 rings (SSSR count). The number of carboxylic acid groups (broad SMARTS) is 2. The van der Waals surface area contributed by atoms with Crippen LogP contribution in [0.2, 0.25) is 0 Å². The van der Waals surface area contributed by atoms with Crippen molar-refractivity contribution in [2.24, 2.45) is 5.41 Å². The van der Waals surface area contributed by atoms with E-state index in [2.05, 4.69) is 5.32 Å². The highest BCUT2D eigenvalue weighted by molar-refractivity contribution is 7.24. The van der Waals surface area contributed by atoms with Crippen LogP contribution < -0.4 is 5.32 Å². The maximum absolute atomic E-state index is 12.8. The lowest BCUT2D eigenvalue weighted by Gasteiger charge is -2.27. The Hall–Kier alpha value is -2.05. The normalized spacial score (nSPS) is 15.0. The van der Waals surface area contributed by atoms with Gasteiger partial charge < -0.3 is 20.6 Å². The van der Waals surface area contributed by atoms with Gasteiger partial charge in [-0.3, -0.25) is 9.59 Å². The van der Waals surface area contributed by atoms with Gasteiger partial charge in [0, 0.05) is 18.7 Å². The highest BCUT2D eigenvalue weighted by Gasteiger charge is 2.50. The third-order valence-corrected chi connectivity index (χ3v) is 4.07. The molecule has 9 heteroatoms. The number of aliphatic hydroxyl groups excluding tert-OH is 1. The molecule has 4 N–H and O–H groups in total. The molecule has 3 unspecified atom stereocenters. The Kier molecular flexibility index (Phi) is 6.39. The first-order valence-corrected chi connectivity index (χ1v) is 7.31. The number of hydrogen-bond acceptors (Lipinski definition) is 5. The first kappa shape index (κ1) is 18.0. The number of anilines is 1. The second-order valence-electron chi connectivity index (χ2n) is 4.74. The van der Waals surface area contributed by atoms with Crippen molar-refractivity contribution in [1.82, 2.24) is 0 Å². The molecule has 0 bridgehead atoms. The van der Waals surface area contributed by atoms with Gasteiger partial charge in [-0.05, 0) is 30.7 Å². The molecule has 0 saturated heterocycles. The predicted octanol–water partition coefficient (Wildman–Crippen LogP) is 1.52. The van der Waals surface area contributed by atoms with Crippen molar-refractivity contribution in [1.29, 1.82) is 0 Å². The number of rotatable bonds is 9. The Labute approximate surface area is 127 Å². The van der Waals surface area contributed by atoms with Gasteiger partial charge in [0.1, 0.15) is 5.82 Å². The summed E-state index contributed by atoms with van der Waals surface area (Å²) in [5.41, 5.74) is -1.53. The third-order valence-electron chi connectivity index (χ3n) is 3.30. The number of hydrogen-bond donors (Lipinski definition) is 4. The molecule has 0 aliphatic carbocycles. The van der Waals surface area contributed by atoms with Crippen LogP contribution >= 0.6 is 8.46 Å². The van der Waals surface area contributed by atoms with Gasteiger partial charge in [0.2, 0.25) is 0 Å². The molecule has 0 aliphatic heterocycles. The van der Waals surface area contributed by atoms with Crippen molar-refractivity contribution >= 4 is 26.1 Å². The maximum Gasteiger partial charge on any atom is 0.357 e. The molecule has 0 amide bonds. The number of nitrogens with one attached hydrogen (secondary N) is 1. The number of halogens is 1. The van der Waals surface area contributed by atoms with Crippen molar-refractivity contribution in [3.05, 3.63) is 30.1 Å². The topological polar surface area (TPSA) is 124 Å². The molecule has 1 aromatic carbocycles. The van der Waals surface area contributed by atoms with Crippen molar-refractivity contribution < 1.29 is 33.9 Å². The molecule has 3 atom stereocenters. The summed E-state index contributed by atoms with van der Waals surface area (Å²) in [6.45, 7) is -0.350. The summed E-state index contributed by atoms with van der Waals surface area (Å²) in [7, 11) is -1.32. The fourth-order valence-corrected chi connectivity index (χ4v) is 2.49. The van der Waals surface area contributed by atoms with Crippen LogP contribution in [0.15, 0.2) is 24.3 Å². The highest BCUT2D eigenvalue weighted by atomic mass is 31.1. The van der Waals surface area contributed by atoms with Crippen molar-refractivity contribution in [2.75, 3.05) is 11.9 Å². The van der Waals surface area contributed by atoms with E-state index in [1.807, 2.05) is 0 Å². The minimum Gasteiger partial charge on any atom is -0.481 e. The largest absolute Gasteiger partial charge is 0.481 e. The number of aliphatic carboxylic acids is 2. The Balaban J connectivity index is 2.96. The van der Waals surface area contributed by atoms with Crippen LogP contribution in [0.4, 0.5) is 10.1 Å². The zero-order chi connectivity index (χ0) is 16.8. The molecule has 0 saturated carbocycles. The number of aliphatic hydroxyl groups is 1. The van der Waals surface area contributed by atoms with E-state index in [0.717, 1.165) is 12.1 Å². The van der Waals surface area contributed by atoms with Crippen LogP contribution in [-0.4, -0.2) is 39.6 Å². The summed E-state index contributed by atoms with van der Waals surface area (Å²) in [6, 6.07) is 5.05. The van der Waals surface area contributed by atoms with E-state index < -0.39 is 50.3 Å². The summed E-state index contributed by atoms with van der Waals surface area (Å²) in [6.07, 6.45) is -0.902. The number of carbonyl (C=O) groups is 2. The predicted molar refractivity (Wildman–Crippen MR) is 76.8 cm³/mol. The van der Waals surface area contributed by atoms with Gasteiger partial charge >= 0.3 is 20.4 Å². The van der Waals surface area contributed by atoms with E-state index in [1.54, 1.807) is 0 Å². The Morgan fingerprint density at radius 1 is 1.27 bits per heavy atom. The first-order chi connectivity index (χ1) is 10.3. The quantitative estimate of drug-likeness (QED) is 0.505. The van der Waals surface area contributed by atoms with E-state index in [-0.39, 0.29) is 6.54 Å². The van der Waals surface area contributed by atoms with E-state index >= 15 is 0 Å². The minimum absolute atomic E-state index is 0.350. The number of benzene rings is 1. The lowest BCUT2D eigenvalue weighted by atomic mass is 9.83. The van der Waals surface area contributed by atoms with Gasteiger partial charge in [-0.2, -0.15) is 0 Å². The zero-order valence-electron chi connectivity index (χ0n) is 11.5. The SMILES string of the molecule is O=[PH+]C(O)C(CCC(=O)O)(CNc1ccc(F)cc1)C(=O)O. The van der Waals surface area contributed by atoms with Crippen LogP contribution in [0.3, 0.4) is 0 Å². The van der Waals surface area contributed by atoms with Gasteiger partial charge in [0.05, 0.1) is 0 Å². The van der Waals surface area contributed by atoms with E-state index in [9.17, 15) is 28.8 Å². The minimum atomic E-state index is -1.92. The van der Waals surface area contributed by atoms with Crippen molar-refractivity contribution in [2.45, 2.75) is 18.7 Å². The standard InChI is InChI=1S/C13H15FNO6P/c14-8-1-3-9(4-2-8)15-7-13(11(18)19,12(20)22-21)6-5-10(16)17/h1-4,12,15,20H,5-7H2,(H,16,17)(H,18,19)/p+1. The van der Waals surface area contributed by atoms with Gasteiger partial charge in [0.15, 0.2) is 5.41 Å². The lowest BCUT2D eigenvalue weighted by Crippen LogP contribution is -2.46. The lowest BCUT2D eigenvalue weighted by molar-refractivity contribution is -0.153. The molecular formula is C13H16FNO6P+.